The van der Waals surface area contributed by atoms with Crippen LogP contribution in [0.15, 0.2) is 176 Å². The van der Waals surface area contributed by atoms with Crippen molar-refractivity contribution in [3.05, 3.63) is 198 Å². The Morgan fingerprint density at radius 1 is 0.367 bits per heavy atom. The number of hydrogen-bond donors (Lipinski definition) is 1. The van der Waals surface area contributed by atoms with Crippen LogP contribution in [0.2, 0.25) is 0 Å². The van der Waals surface area contributed by atoms with Crippen LogP contribution in [-0.2, 0) is 16.2 Å². The van der Waals surface area contributed by atoms with Crippen molar-refractivity contribution in [2.45, 2.75) is 71.6 Å². The number of pyridine rings is 2. The molecule has 298 valence electrons. The lowest BCUT2D eigenvalue weighted by Crippen LogP contribution is -2.18. The second-order valence-corrected chi connectivity index (χ2v) is 18.6. The summed E-state index contributed by atoms with van der Waals surface area (Å²) in [6.45, 7) is 17.7. The van der Waals surface area contributed by atoms with E-state index in [0.29, 0.717) is 0 Å². The van der Waals surface area contributed by atoms with Crippen LogP contribution < -0.4 is 0 Å². The molecule has 60 heavy (non-hydrogen) atoms. The molecule has 0 saturated heterocycles. The van der Waals surface area contributed by atoms with E-state index in [4.69, 9.17) is 9.97 Å². The maximum absolute atomic E-state index is 12.1. The molecule has 0 amide bonds. The molecule has 0 spiro atoms. The first kappa shape index (κ1) is 40.2. The molecular weight excluding hydrogens is 729 g/mol. The summed E-state index contributed by atoms with van der Waals surface area (Å²) < 4.78 is 0. The molecule has 0 atom stereocenters. The fourth-order valence-electron chi connectivity index (χ4n) is 8.04. The molecule has 0 aliphatic rings. The Kier molecular flexibility index (Phi) is 10.6. The first-order chi connectivity index (χ1) is 28.6. The van der Waals surface area contributed by atoms with Gasteiger partial charge in [-0.05, 0) is 109 Å². The molecule has 0 fully saturated rings. The van der Waals surface area contributed by atoms with Crippen molar-refractivity contribution < 1.29 is 5.11 Å². The van der Waals surface area contributed by atoms with Gasteiger partial charge >= 0.3 is 0 Å². The topological polar surface area (TPSA) is 46.0 Å². The second-order valence-electron chi connectivity index (χ2n) is 18.6. The number of rotatable bonds is 8. The Balaban J connectivity index is 1.34. The largest absolute Gasteiger partial charge is 0.507 e. The molecule has 0 radical (unpaired) electrons. The van der Waals surface area contributed by atoms with Gasteiger partial charge in [-0.3, -0.25) is 4.98 Å². The van der Waals surface area contributed by atoms with Gasteiger partial charge in [-0.2, -0.15) is 0 Å². The molecule has 0 bridgehead atoms. The lowest BCUT2D eigenvalue weighted by atomic mass is 9.78. The molecule has 1 N–H and O–H groups in total. The van der Waals surface area contributed by atoms with Gasteiger partial charge in [0.05, 0.1) is 17.1 Å². The Bertz CT molecular complexity index is 2770. The molecule has 6 aromatic carbocycles. The third-order valence-electron chi connectivity index (χ3n) is 11.8. The van der Waals surface area contributed by atoms with Gasteiger partial charge in [0.25, 0.3) is 0 Å². The maximum atomic E-state index is 12.1. The van der Waals surface area contributed by atoms with E-state index in [-0.39, 0.29) is 22.0 Å². The zero-order chi connectivity index (χ0) is 42.2. The van der Waals surface area contributed by atoms with Crippen LogP contribution in [0.4, 0.5) is 0 Å². The van der Waals surface area contributed by atoms with Crippen LogP contribution in [0, 0.1) is 0 Å². The van der Waals surface area contributed by atoms with Crippen molar-refractivity contribution in [2.24, 2.45) is 0 Å². The van der Waals surface area contributed by atoms with E-state index in [1.165, 1.54) is 11.1 Å². The summed E-state index contributed by atoms with van der Waals surface area (Å²) in [5, 5.41) is 12.1. The van der Waals surface area contributed by atoms with Gasteiger partial charge in [0.15, 0.2) is 0 Å². The zero-order valence-electron chi connectivity index (χ0n) is 36.1. The molecule has 3 heteroatoms. The summed E-state index contributed by atoms with van der Waals surface area (Å²) in [5.74, 6) is 0.272. The summed E-state index contributed by atoms with van der Waals surface area (Å²) in [6.07, 6.45) is 1.90. The third-order valence-corrected chi connectivity index (χ3v) is 11.8. The summed E-state index contributed by atoms with van der Waals surface area (Å²) in [6, 6.07) is 60.1. The number of phenolic OH excluding ortho intramolecular Hbond substituents is 1. The Hall–Kier alpha value is -6.58. The summed E-state index contributed by atoms with van der Waals surface area (Å²) >= 11 is 0. The van der Waals surface area contributed by atoms with Crippen LogP contribution >= 0.6 is 0 Å². The monoisotopic (exact) mass is 782 g/mol. The number of aromatic hydroxyl groups is 1. The maximum Gasteiger partial charge on any atom is 0.128 e. The SMILES string of the molecule is CC(C)(C)c1cc(-c2cc(-c3ccccc3)cc(-c3cc(-c4ccc(C(C)(C)c5ccccc5)cc4)cc(-c4cc(-c5ccccc5)ccn4)c3)n2)c(O)c(C(C)(C)C)c1. The summed E-state index contributed by atoms with van der Waals surface area (Å²) in [4.78, 5) is 10.4. The van der Waals surface area contributed by atoms with Crippen molar-refractivity contribution in [3.8, 4) is 72.9 Å². The van der Waals surface area contributed by atoms with E-state index in [2.05, 4.69) is 213 Å². The van der Waals surface area contributed by atoms with Gasteiger partial charge in [0.2, 0.25) is 0 Å². The number of hydrogen-bond acceptors (Lipinski definition) is 3. The van der Waals surface area contributed by atoms with Crippen LogP contribution in [0.1, 0.15) is 77.6 Å². The highest BCUT2D eigenvalue weighted by molar-refractivity contribution is 5.84. The minimum absolute atomic E-state index is 0.140. The predicted molar refractivity (Wildman–Crippen MR) is 252 cm³/mol. The van der Waals surface area contributed by atoms with Crippen molar-refractivity contribution in [2.75, 3.05) is 0 Å². The molecule has 0 aliphatic carbocycles. The molecule has 8 aromatic rings. The molecule has 0 saturated carbocycles. The molecule has 8 rings (SSSR count). The Morgan fingerprint density at radius 2 is 0.850 bits per heavy atom. The fourth-order valence-corrected chi connectivity index (χ4v) is 8.04. The summed E-state index contributed by atoms with van der Waals surface area (Å²) in [5.41, 5.74) is 15.6. The van der Waals surface area contributed by atoms with Gasteiger partial charge in [0.1, 0.15) is 5.75 Å². The quantitative estimate of drug-likeness (QED) is 0.167. The van der Waals surface area contributed by atoms with Crippen LogP contribution in [-0.4, -0.2) is 15.1 Å². The lowest BCUT2D eigenvalue weighted by molar-refractivity contribution is 0.446. The van der Waals surface area contributed by atoms with E-state index < -0.39 is 0 Å². The van der Waals surface area contributed by atoms with Gasteiger partial charge in [-0.15, -0.1) is 0 Å². The molecule has 0 unspecified atom stereocenters. The second kappa shape index (κ2) is 15.9. The zero-order valence-corrected chi connectivity index (χ0v) is 36.1. The Morgan fingerprint density at radius 3 is 1.45 bits per heavy atom. The van der Waals surface area contributed by atoms with Crippen LogP contribution in [0.3, 0.4) is 0 Å². The third kappa shape index (κ3) is 8.31. The standard InChI is InChI=1S/C57H54N2O/c1-55(2,3)48-36-49(54(60)50(37-48)56(4,5)6)53-35-43(39-20-14-10-15-21-39)34-52(59-53)45-31-42(40-24-26-47(27-25-40)57(7,8)46-22-16-11-17-23-46)30-44(32-45)51-33-41(28-29-58-51)38-18-12-9-13-19-38/h9-37,60H,1-8H3. The van der Waals surface area contributed by atoms with Crippen molar-refractivity contribution >= 4 is 0 Å². The highest BCUT2D eigenvalue weighted by Gasteiger charge is 2.27. The first-order valence-corrected chi connectivity index (χ1v) is 20.9. The van der Waals surface area contributed by atoms with Gasteiger partial charge < -0.3 is 5.11 Å². The predicted octanol–water partition coefficient (Wildman–Crippen LogP) is 15.1. The lowest BCUT2D eigenvalue weighted by Gasteiger charge is -2.27. The molecule has 0 aliphatic heterocycles. The molecular formula is C57H54N2O. The highest BCUT2D eigenvalue weighted by atomic mass is 16.3. The fraction of sp³-hybridized carbons (Fsp3) is 0.193. The van der Waals surface area contributed by atoms with E-state index in [1.807, 2.05) is 18.3 Å². The highest BCUT2D eigenvalue weighted by Crippen LogP contribution is 2.44. The Labute approximate surface area is 356 Å². The van der Waals surface area contributed by atoms with E-state index in [1.54, 1.807) is 0 Å². The smallest absolute Gasteiger partial charge is 0.128 e. The number of nitrogens with zero attached hydrogens (tertiary/aromatic N) is 2. The van der Waals surface area contributed by atoms with Crippen LogP contribution in [0.25, 0.3) is 67.2 Å². The van der Waals surface area contributed by atoms with Crippen molar-refractivity contribution in [1.29, 1.82) is 0 Å². The average Bonchev–Trinajstić information content (AvgIpc) is 3.26. The van der Waals surface area contributed by atoms with E-state index in [0.717, 1.165) is 78.3 Å². The van der Waals surface area contributed by atoms with Crippen molar-refractivity contribution in [1.82, 2.24) is 9.97 Å². The number of phenols is 1. The average molecular weight is 783 g/mol. The van der Waals surface area contributed by atoms with Gasteiger partial charge in [0, 0.05) is 33.9 Å². The molecule has 2 aromatic heterocycles. The van der Waals surface area contributed by atoms with Gasteiger partial charge in [-0.25, -0.2) is 4.98 Å². The molecule has 2 heterocycles. The van der Waals surface area contributed by atoms with Crippen LogP contribution in [0.5, 0.6) is 5.75 Å². The minimum atomic E-state index is -0.281. The van der Waals surface area contributed by atoms with E-state index in [9.17, 15) is 5.11 Å². The first-order valence-electron chi connectivity index (χ1n) is 20.9. The number of aromatic nitrogens is 2. The molecule has 3 nitrogen and oxygen atoms in total. The van der Waals surface area contributed by atoms with E-state index >= 15 is 0 Å². The normalized spacial score (nSPS) is 12.1. The summed E-state index contributed by atoms with van der Waals surface area (Å²) in [7, 11) is 0. The minimum Gasteiger partial charge on any atom is -0.507 e. The van der Waals surface area contributed by atoms with Gasteiger partial charge in [-0.1, -0.05) is 177 Å². The number of benzene rings is 6. The van der Waals surface area contributed by atoms with Crippen molar-refractivity contribution in [3.63, 3.8) is 0 Å².